The summed E-state index contributed by atoms with van der Waals surface area (Å²) in [6.45, 7) is 0. The zero-order valence-electron chi connectivity index (χ0n) is 8.68. The molecule has 88 valence electrons. The molecule has 0 unspecified atom stereocenters. The standard InChI is InChI=1S/C13H8F4/c14-10-5-4-8(7-12(10)16)6-9-2-1-3-11(15)13(9)17/h1-5,7H,6H2. The third-order valence-corrected chi connectivity index (χ3v) is 2.41. The van der Waals surface area contributed by atoms with E-state index in [4.69, 9.17) is 0 Å². The molecule has 17 heavy (non-hydrogen) atoms. The van der Waals surface area contributed by atoms with Crippen LogP contribution >= 0.6 is 0 Å². The first-order valence-electron chi connectivity index (χ1n) is 4.95. The van der Waals surface area contributed by atoms with Gasteiger partial charge >= 0.3 is 0 Å². The fourth-order valence-electron chi connectivity index (χ4n) is 1.55. The Balaban J connectivity index is 2.31. The van der Waals surface area contributed by atoms with E-state index in [1.165, 1.54) is 18.2 Å². The average molecular weight is 240 g/mol. The fourth-order valence-corrected chi connectivity index (χ4v) is 1.55. The molecule has 0 aliphatic heterocycles. The van der Waals surface area contributed by atoms with Gasteiger partial charge < -0.3 is 0 Å². The molecule has 0 saturated heterocycles. The molecule has 0 nitrogen and oxygen atoms in total. The first-order chi connectivity index (χ1) is 8.08. The van der Waals surface area contributed by atoms with Crippen molar-refractivity contribution in [2.45, 2.75) is 6.42 Å². The highest BCUT2D eigenvalue weighted by Crippen LogP contribution is 2.17. The second kappa shape index (κ2) is 4.57. The van der Waals surface area contributed by atoms with Gasteiger partial charge in [0.1, 0.15) is 0 Å². The maximum Gasteiger partial charge on any atom is 0.162 e. The van der Waals surface area contributed by atoms with Gasteiger partial charge in [0.15, 0.2) is 23.3 Å². The fraction of sp³-hybridized carbons (Fsp3) is 0.0769. The van der Waals surface area contributed by atoms with Crippen LogP contribution in [0.5, 0.6) is 0 Å². The van der Waals surface area contributed by atoms with Crippen molar-refractivity contribution in [3.63, 3.8) is 0 Å². The quantitative estimate of drug-likeness (QED) is 0.700. The number of halogens is 4. The Kier molecular flexibility index (Phi) is 3.13. The summed E-state index contributed by atoms with van der Waals surface area (Å²) in [7, 11) is 0. The Labute approximate surface area is 95.5 Å². The van der Waals surface area contributed by atoms with Gasteiger partial charge in [0.25, 0.3) is 0 Å². The van der Waals surface area contributed by atoms with Crippen molar-refractivity contribution >= 4 is 0 Å². The van der Waals surface area contributed by atoms with Crippen molar-refractivity contribution in [2.75, 3.05) is 0 Å². The molecule has 2 rings (SSSR count). The molecule has 0 fully saturated rings. The number of benzene rings is 2. The third-order valence-electron chi connectivity index (χ3n) is 2.41. The van der Waals surface area contributed by atoms with Gasteiger partial charge in [-0.1, -0.05) is 18.2 Å². The first kappa shape index (κ1) is 11.6. The zero-order valence-corrected chi connectivity index (χ0v) is 8.68. The minimum absolute atomic E-state index is 0.0147. The Morgan fingerprint density at radius 3 is 2.24 bits per heavy atom. The molecule has 0 aromatic heterocycles. The van der Waals surface area contributed by atoms with Gasteiger partial charge in [0.2, 0.25) is 0 Å². The minimum Gasteiger partial charge on any atom is -0.204 e. The van der Waals surface area contributed by atoms with E-state index >= 15 is 0 Å². The lowest BCUT2D eigenvalue weighted by Crippen LogP contribution is -1.96. The van der Waals surface area contributed by atoms with Crippen LogP contribution in [-0.2, 0) is 6.42 Å². The second-order valence-corrected chi connectivity index (χ2v) is 3.64. The van der Waals surface area contributed by atoms with Crippen molar-refractivity contribution in [1.82, 2.24) is 0 Å². The molecule has 0 aliphatic carbocycles. The molecule has 0 N–H and O–H groups in total. The molecule has 4 heteroatoms. The monoisotopic (exact) mass is 240 g/mol. The first-order valence-corrected chi connectivity index (χ1v) is 4.95. The zero-order chi connectivity index (χ0) is 12.4. The van der Waals surface area contributed by atoms with Crippen LogP contribution in [0, 0.1) is 23.3 Å². The maximum absolute atomic E-state index is 13.3. The normalized spacial score (nSPS) is 10.6. The van der Waals surface area contributed by atoms with Crippen LogP contribution in [0.2, 0.25) is 0 Å². The summed E-state index contributed by atoms with van der Waals surface area (Å²) in [6.07, 6.45) is 0.0147. The molecular formula is C13H8F4. The van der Waals surface area contributed by atoms with Gasteiger partial charge in [-0.3, -0.25) is 0 Å². The topological polar surface area (TPSA) is 0 Å². The van der Waals surface area contributed by atoms with Gasteiger partial charge in [-0.05, 0) is 29.3 Å². The van der Waals surface area contributed by atoms with Gasteiger partial charge in [-0.25, -0.2) is 17.6 Å². The third kappa shape index (κ3) is 2.46. The molecule has 0 heterocycles. The SMILES string of the molecule is Fc1ccc(Cc2cccc(F)c2F)cc1F. The van der Waals surface area contributed by atoms with E-state index in [-0.39, 0.29) is 12.0 Å². The van der Waals surface area contributed by atoms with Crippen molar-refractivity contribution < 1.29 is 17.6 Å². The Morgan fingerprint density at radius 1 is 0.765 bits per heavy atom. The Hall–Kier alpha value is -1.84. The van der Waals surface area contributed by atoms with E-state index in [1.54, 1.807) is 0 Å². The smallest absolute Gasteiger partial charge is 0.162 e. The molecule has 2 aromatic carbocycles. The summed E-state index contributed by atoms with van der Waals surface area (Å²) < 4.78 is 51.8. The van der Waals surface area contributed by atoms with Crippen molar-refractivity contribution in [3.05, 3.63) is 70.8 Å². The summed E-state index contributed by atoms with van der Waals surface area (Å²) in [5, 5.41) is 0. The van der Waals surface area contributed by atoms with E-state index in [1.807, 2.05) is 0 Å². The molecule has 0 aliphatic rings. The van der Waals surface area contributed by atoms with Crippen LogP contribution in [-0.4, -0.2) is 0 Å². The molecule has 0 amide bonds. The number of rotatable bonds is 2. The Morgan fingerprint density at radius 2 is 1.53 bits per heavy atom. The average Bonchev–Trinajstić information content (AvgIpc) is 2.30. The lowest BCUT2D eigenvalue weighted by atomic mass is 10.0. The maximum atomic E-state index is 13.3. The lowest BCUT2D eigenvalue weighted by Gasteiger charge is -2.04. The summed E-state index contributed by atoms with van der Waals surface area (Å²) in [5.41, 5.74) is 0.490. The minimum atomic E-state index is -1.00. The summed E-state index contributed by atoms with van der Waals surface area (Å²) in [4.78, 5) is 0. The summed E-state index contributed by atoms with van der Waals surface area (Å²) in [5.74, 6) is -3.88. The van der Waals surface area contributed by atoms with E-state index in [0.717, 1.165) is 18.2 Å². The van der Waals surface area contributed by atoms with E-state index in [9.17, 15) is 17.6 Å². The van der Waals surface area contributed by atoms with Gasteiger partial charge in [-0.15, -0.1) is 0 Å². The van der Waals surface area contributed by atoms with Gasteiger partial charge in [0.05, 0.1) is 0 Å². The van der Waals surface area contributed by atoms with Crippen LogP contribution in [0.3, 0.4) is 0 Å². The summed E-state index contributed by atoms with van der Waals surface area (Å²) in [6, 6.07) is 7.04. The van der Waals surface area contributed by atoms with Crippen molar-refractivity contribution in [2.24, 2.45) is 0 Å². The molecule has 2 aromatic rings. The van der Waals surface area contributed by atoms with Crippen molar-refractivity contribution in [3.8, 4) is 0 Å². The lowest BCUT2D eigenvalue weighted by molar-refractivity contribution is 0.499. The highest BCUT2D eigenvalue weighted by atomic mass is 19.2. The van der Waals surface area contributed by atoms with Crippen LogP contribution in [0.1, 0.15) is 11.1 Å². The molecule has 0 saturated carbocycles. The van der Waals surface area contributed by atoms with E-state index in [2.05, 4.69) is 0 Å². The van der Waals surface area contributed by atoms with Crippen LogP contribution in [0.4, 0.5) is 17.6 Å². The predicted molar refractivity (Wildman–Crippen MR) is 55.5 cm³/mol. The van der Waals surface area contributed by atoms with Crippen LogP contribution in [0.15, 0.2) is 36.4 Å². The molecule has 0 bridgehead atoms. The molecule has 0 radical (unpaired) electrons. The number of hydrogen-bond donors (Lipinski definition) is 0. The number of hydrogen-bond acceptors (Lipinski definition) is 0. The highest BCUT2D eigenvalue weighted by Gasteiger charge is 2.09. The van der Waals surface area contributed by atoms with Crippen LogP contribution in [0.25, 0.3) is 0 Å². The molecule has 0 atom stereocenters. The highest BCUT2D eigenvalue weighted by molar-refractivity contribution is 5.28. The Bertz CT molecular complexity index is 549. The summed E-state index contributed by atoms with van der Waals surface area (Å²) >= 11 is 0. The molecule has 0 spiro atoms. The predicted octanol–water partition coefficient (Wildman–Crippen LogP) is 3.83. The largest absolute Gasteiger partial charge is 0.204 e. The second-order valence-electron chi connectivity index (χ2n) is 3.64. The van der Waals surface area contributed by atoms with E-state index < -0.39 is 23.3 Å². The van der Waals surface area contributed by atoms with Gasteiger partial charge in [0, 0.05) is 6.42 Å². The van der Waals surface area contributed by atoms with Crippen LogP contribution < -0.4 is 0 Å². The van der Waals surface area contributed by atoms with Gasteiger partial charge in [-0.2, -0.15) is 0 Å². The van der Waals surface area contributed by atoms with E-state index in [0.29, 0.717) is 5.56 Å². The molecular weight excluding hydrogens is 232 g/mol. The van der Waals surface area contributed by atoms with Crippen molar-refractivity contribution in [1.29, 1.82) is 0 Å².